The van der Waals surface area contributed by atoms with Crippen LogP contribution in [0.2, 0.25) is 0 Å². The Morgan fingerprint density at radius 2 is 1.61 bits per heavy atom. The van der Waals surface area contributed by atoms with Crippen molar-refractivity contribution in [3.63, 3.8) is 0 Å². The number of hydrogen-bond donors (Lipinski definition) is 2. The smallest absolute Gasteiger partial charge is 0.307 e. The van der Waals surface area contributed by atoms with E-state index in [9.17, 15) is 4.79 Å². The molecular formula is C25H25NO5. The maximum absolute atomic E-state index is 10.8. The second-order valence-corrected chi connectivity index (χ2v) is 6.66. The van der Waals surface area contributed by atoms with Crippen molar-refractivity contribution in [1.29, 1.82) is 0 Å². The number of para-hydroxylation sites is 1. The molecule has 0 saturated carbocycles. The lowest BCUT2D eigenvalue weighted by Crippen LogP contribution is -2.17. The maximum atomic E-state index is 10.8. The lowest BCUT2D eigenvalue weighted by Gasteiger charge is -2.13. The van der Waals surface area contributed by atoms with Crippen molar-refractivity contribution in [2.24, 2.45) is 0 Å². The lowest BCUT2D eigenvalue weighted by atomic mass is 10.1. The molecule has 0 bridgehead atoms. The number of aliphatic carboxylic acids is 1. The van der Waals surface area contributed by atoms with E-state index in [4.69, 9.17) is 19.4 Å². The first kappa shape index (κ1) is 21.9. The van der Waals surface area contributed by atoms with E-state index >= 15 is 0 Å². The van der Waals surface area contributed by atoms with Crippen molar-refractivity contribution in [2.45, 2.75) is 13.3 Å². The Balaban J connectivity index is 1.44. The Hall–Kier alpha value is -3.77. The number of carboxylic acid groups (broad SMARTS) is 1. The molecule has 0 aromatic heterocycles. The van der Waals surface area contributed by atoms with Crippen LogP contribution < -0.4 is 15.0 Å². The van der Waals surface area contributed by atoms with E-state index in [0.717, 1.165) is 22.8 Å². The van der Waals surface area contributed by atoms with Gasteiger partial charge in [-0.25, -0.2) is 0 Å². The topological polar surface area (TPSA) is 77.0 Å². The number of hydroxylamine groups is 1. The van der Waals surface area contributed by atoms with E-state index in [-0.39, 0.29) is 6.42 Å². The fourth-order valence-electron chi connectivity index (χ4n) is 2.86. The van der Waals surface area contributed by atoms with Gasteiger partial charge in [-0.05, 0) is 66.6 Å². The Morgan fingerprint density at radius 3 is 2.32 bits per heavy atom. The molecule has 3 aromatic carbocycles. The molecule has 3 rings (SSSR count). The van der Waals surface area contributed by atoms with Crippen molar-refractivity contribution in [3.05, 3.63) is 96.1 Å². The highest BCUT2D eigenvalue weighted by atomic mass is 16.7. The van der Waals surface area contributed by atoms with E-state index in [0.29, 0.717) is 24.5 Å². The highest BCUT2D eigenvalue weighted by Crippen LogP contribution is 2.23. The lowest BCUT2D eigenvalue weighted by molar-refractivity contribution is -0.136. The Morgan fingerprint density at radius 1 is 0.903 bits per heavy atom. The summed E-state index contributed by atoms with van der Waals surface area (Å²) in [7, 11) is 0. The summed E-state index contributed by atoms with van der Waals surface area (Å²) in [4.78, 5) is 16.3. The first-order valence-electron chi connectivity index (χ1n) is 9.95. The van der Waals surface area contributed by atoms with Crippen LogP contribution in [0.5, 0.6) is 17.2 Å². The van der Waals surface area contributed by atoms with Crippen molar-refractivity contribution >= 4 is 11.7 Å². The van der Waals surface area contributed by atoms with Crippen LogP contribution in [0, 0.1) is 0 Å². The van der Waals surface area contributed by atoms with Crippen molar-refractivity contribution in [3.8, 4) is 17.2 Å². The van der Waals surface area contributed by atoms with Gasteiger partial charge in [-0.2, -0.15) is 0 Å². The first-order valence-corrected chi connectivity index (χ1v) is 9.95. The minimum atomic E-state index is -0.872. The van der Waals surface area contributed by atoms with Gasteiger partial charge in [0.25, 0.3) is 0 Å². The Labute approximate surface area is 181 Å². The number of hydrogen-bond acceptors (Lipinski definition) is 5. The molecule has 0 aliphatic rings. The van der Waals surface area contributed by atoms with Gasteiger partial charge in [0.05, 0.1) is 12.1 Å². The van der Waals surface area contributed by atoms with Gasteiger partial charge >= 0.3 is 5.97 Å². The van der Waals surface area contributed by atoms with Gasteiger partial charge in [0.15, 0.2) is 0 Å². The molecule has 160 valence electrons. The molecule has 0 aliphatic heterocycles. The zero-order valence-corrected chi connectivity index (χ0v) is 17.3. The molecule has 0 heterocycles. The third kappa shape index (κ3) is 7.21. The largest absolute Gasteiger partial charge is 0.491 e. The predicted molar refractivity (Wildman–Crippen MR) is 119 cm³/mol. The van der Waals surface area contributed by atoms with Crippen LogP contribution in [0.1, 0.15) is 18.1 Å². The molecule has 0 radical (unpaired) electrons. The second kappa shape index (κ2) is 11.4. The van der Waals surface area contributed by atoms with Gasteiger partial charge in [0.1, 0.15) is 30.5 Å². The SMILES string of the molecule is CC=C(NOCCOc1cccc(CC(=O)O)c1)c1ccc(Oc2ccccc2)cc1. The quantitative estimate of drug-likeness (QED) is 0.334. The normalized spacial score (nSPS) is 11.1. The number of allylic oxidation sites excluding steroid dienone is 1. The van der Waals surface area contributed by atoms with E-state index < -0.39 is 5.97 Å². The van der Waals surface area contributed by atoms with Crippen molar-refractivity contribution in [1.82, 2.24) is 5.48 Å². The summed E-state index contributed by atoms with van der Waals surface area (Å²) in [5.41, 5.74) is 5.43. The monoisotopic (exact) mass is 419 g/mol. The summed E-state index contributed by atoms with van der Waals surface area (Å²) in [5, 5.41) is 8.87. The molecule has 6 heteroatoms. The molecule has 0 amide bonds. The Kier molecular flexibility index (Phi) is 8.08. The summed E-state index contributed by atoms with van der Waals surface area (Å²) in [6.45, 7) is 2.56. The summed E-state index contributed by atoms with van der Waals surface area (Å²) in [6, 6.07) is 24.4. The van der Waals surface area contributed by atoms with Gasteiger partial charge in [0.2, 0.25) is 0 Å². The summed E-state index contributed by atoms with van der Waals surface area (Å²) >= 11 is 0. The Bertz CT molecular complexity index is 1000. The highest BCUT2D eigenvalue weighted by molar-refractivity contribution is 5.70. The molecule has 2 N–H and O–H groups in total. The van der Waals surface area contributed by atoms with E-state index in [1.807, 2.05) is 67.6 Å². The molecule has 0 spiro atoms. The molecule has 31 heavy (non-hydrogen) atoms. The number of carbonyl (C=O) groups is 1. The summed E-state index contributed by atoms with van der Waals surface area (Å²) in [6.07, 6.45) is 1.89. The van der Waals surface area contributed by atoms with Crippen LogP contribution in [0.15, 0.2) is 84.9 Å². The van der Waals surface area contributed by atoms with Gasteiger partial charge in [-0.1, -0.05) is 36.4 Å². The molecule has 0 atom stereocenters. The number of carboxylic acids is 1. The molecule has 0 aliphatic carbocycles. The fraction of sp³-hybridized carbons (Fsp3) is 0.160. The number of rotatable bonds is 11. The molecule has 0 unspecified atom stereocenters. The van der Waals surface area contributed by atoms with E-state index in [1.54, 1.807) is 24.3 Å². The zero-order valence-electron chi connectivity index (χ0n) is 17.3. The van der Waals surface area contributed by atoms with Crippen LogP contribution >= 0.6 is 0 Å². The fourth-order valence-corrected chi connectivity index (χ4v) is 2.86. The van der Waals surface area contributed by atoms with Crippen LogP contribution in [0.3, 0.4) is 0 Å². The minimum Gasteiger partial charge on any atom is -0.491 e. The van der Waals surface area contributed by atoms with Crippen LogP contribution in [-0.4, -0.2) is 24.3 Å². The third-order valence-electron chi connectivity index (χ3n) is 4.32. The number of benzene rings is 3. The van der Waals surface area contributed by atoms with Crippen LogP contribution in [0.25, 0.3) is 5.70 Å². The molecule has 3 aromatic rings. The molecule has 0 fully saturated rings. The zero-order chi connectivity index (χ0) is 21.9. The second-order valence-electron chi connectivity index (χ2n) is 6.66. The summed E-state index contributed by atoms with van der Waals surface area (Å²) < 4.78 is 11.4. The van der Waals surface area contributed by atoms with Crippen molar-refractivity contribution in [2.75, 3.05) is 13.2 Å². The molecular weight excluding hydrogens is 394 g/mol. The third-order valence-corrected chi connectivity index (χ3v) is 4.32. The first-order chi connectivity index (χ1) is 15.1. The van der Waals surface area contributed by atoms with Gasteiger partial charge in [-0.3, -0.25) is 15.1 Å². The standard InChI is InChI=1S/C25H25NO5/c1-2-24(20-11-13-22(14-12-20)31-21-8-4-3-5-9-21)26-30-16-15-29-23-10-6-7-19(17-23)18-25(27)28/h2-14,17,26H,15-16,18H2,1H3,(H,27,28). The molecule has 0 saturated heterocycles. The maximum Gasteiger partial charge on any atom is 0.307 e. The average molecular weight is 419 g/mol. The van der Waals surface area contributed by atoms with Crippen LogP contribution in [0.4, 0.5) is 0 Å². The minimum absolute atomic E-state index is 0.0326. The van der Waals surface area contributed by atoms with Gasteiger partial charge < -0.3 is 14.6 Å². The van der Waals surface area contributed by atoms with Crippen LogP contribution in [-0.2, 0) is 16.1 Å². The van der Waals surface area contributed by atoms with E-state index in [1.165, 1.54) is 0 Å². The highest BCUT2D eigenvalue weighted by Gasteiger charge is 2.04. The average Bonchev–Trinajstić information content (AvgIpc) is 2.77. The number of ether oxygens (including phenoxy) is 2. The summed E-state index contributed by atoms with van der Waals surface area (Å²) in [5.74, 6) is 1.28. The number of nitrogens with one attached hydrogen (secondary N) is 1. The van der Waals surface area contributed by atoms with Gasteiger partial charge in [-0.15, -0.1) is 0 Å². The van der Waals surface area contributed by atoms with Gasteiger partial charge in [0, 0.05) is 0 Å². The van der Waals surface area contributed by atoms with E-state index in [2.05, 4.69) is 5.48 Å². The predicted octanol–water partition coefficient (Wildman–Crippen LogP) is 5.07. The van der Waals surface area contributed by atoms with Crippen molar-refractivity contribution < 1.29 is 24.2 Å². The molecule has 6 nitrogen and oxygen atoms in total.